The average molecular weight is 198 g/mol. The highest BCUT2D eigenvalue weighted by molar-refractivity contribution is 5.82. The van der Waals surface area contributed by atoms with Crippen LogP contribution in [-0.4, -0.2) is 61.6 Å². The van der Waals surface area contributed by atoms with Crippen LogP contribution in [0.1, 0.15) is 6.42 Å². The lowest BCUT2D eigenvalue weighted by Gasteiger charge is -2.35. The molecule has 1 amide bonds. The summed E-state index contributed by atoms with van der Waals surface area (Å²) >= 11 is 0. The number of likely N-dealkylation sites (N-methyl/N-ethyl adjacent to an activating group) is 1. The molecule has 0 bridgehead atoms. The molecule has 0 radical (unpaired) electrons. The molecule has 2 aliphatic heterocycles. The number of nitrogens with one attached hydrogen (secondary N) is 2. The van der Waals surface area contributed by atoms with E-state index in [9.17, 15) is 4.79 Å². The lowest BCUT2D eigenvalue weighted by atomic mass is 10.1. The highest BCUT2D eigenvalue weighted by atomic mass is 16.2. The van der Waals surface area contributed by atoms with E-state index in [2.05, 4.69) is 22.7 Å². The Morgan fingerprint density at radius 3 is 2.50 bits per heavy atom. The van der Waals surface area contributed by atoms with Gasteiger partial charge in [-0.3, -0.25) is 10.2 Å². The third-order valence-corrected chi connectivity index (χ3v) is 2.91. The van der Waals surface area contributed by atoms with Crippen molar-refractivity contribution in [3.8, 4) is 0 Å². The minimum atomic E-state index is 0.0506. The van der Waals surface area contributed by atoms with Gasteiger partial charge in [0.05, 0.1) is 6.04 Å². The molecule has 2 rings (SSSR count). The first-order chi connectivity index (χ1) is 6.75. The van der Waals surface area contributed by atoms with Gasteiger partial charge in [0.25, 0.3) is 5.91 Å². The van der Waals surface area contributed by atoms with Gasteiger partial charge >= 0.3 is 0 Å². The van der Waals surface area contributed by atoms with Crippen molar-refractivity contribution in [2.75, 3.05) is 39.8 Å². The van der Waals surface area contributed by atoms with Crippen molar-refractivity contribution in [3.05, 3.63) is 0 Å². The van der Waals surface area contributed by atoms with Gasteiger partial charge in [-0.25, -0.2) is 5.01 Å². The topological polar surface area (TPSA) is 47.6 Å². The summed E-state index contributed by atoms with van der Waals surface area (Å²) in [7, 11) is 2.10. The smallest absolute Gasteiger partial charge is 0.251 e. The van der Waals surface area contributed by atoms with E-state index in [0.717, 1.165) is 39.1 Å². The van der Waals surface area contributed by atoms with Gasteiger partial charge in [-0.05, 0) is 20.0 Å². The second-order valence-corrected chi connectivity index (χ2v) is 4.06. The number of nitrogens with zero attached hydrogens (tertiary/aromatic N) is 2. The third kappa shape index (κ3) is 2.23. The molecular formula is C9H18N4O. The number of hydrogen-bond donors (Lipinski definition) is 2. The van der Waals surface area contributed by atoms with E-state index in [1.54, 1.807) is 0 Å². The van der Waals surface area contributed by atoms with E-state index in [4.69, 9.17) is 0 Å². The summed E-state index contributed by atoms with van der Waals surface area (Å²) in [6, 6.07) is 0.0506. The van der Waals surface area contributed by atoms with Gasteiger partial charge in [0, 0.05) is 26.2 Å². The van der Waals surface area contributed by atoms with Crippen molar-refractivity contribution in [1.82, 2.24) is 20.7 Å². The summed E-state index contributed by atoms with van der Waals surface area (Å²) in [6.07, 6.45) is 0.972. The fourth-order valence-corrected chi connectivity index (χ4v) is 1.66. The summed E-state index contributed by atoms with van der Waals surface area (Å²) in [5.41, 5.74) is 2.95. The number of hydrazine groups is 1. The van der Waals surface area contributed by atoms with Gasteiger partial charge < -0.3 is 10.2 Å². The van der Waals surface area contributed by atoms with Gasteiger partial charge in [-0.1, -0.05) is 0 Å². The zero-order valence-electron chi connectivity index (χ0n) is 8.62. The number of carbonyl (C=O) groups excluding carboxylic acids is 1. The highest BCUT2D eigenvalue weighted by Crippen LogP contribution is 2.02. The molecule has 2 saturated heterocycles. The monoisotopic (exact) mass is 198 g/mol. The lowest BCUT2D eigenvalue weighted by molar-refractivity contribution is -0.130. The molecule has 2 heterocycles. The van der Waals surface area contributed by atoms with Crippen molar-refractivity contribution < 1.29 is 4.79 Å². The maximum absolute atomic E-state index is 11.5. The fraction of sp³-hybridized carbons (Fsp3) is 0.889. The van der Waals surface area contributed by atoms with Gasteiger partial charge in [0.1, 0.15) is 0 Å². The SMILES string of the molecule is CN1CCN(NC(=O)C2CCN2)CC1. The van der Waals surface area contributed by atoms with Crippen molar-refractivity contribution in [2.24, 2.45) is 0 Å². The Morgan fingerprint density at radius 2 is 2.00 bits per heavy atom. The first kappa shape index (κ1) is 9.89. The van der Waals surface area contributed by atoms with E-state index in [-0.39, 0.29) is 11.9 Å². The van der Waals surface area contributed by atoms with Crippen LogP contribution in [0.25, 0.3) is 0 Å². The molecule has 5 nitrogen and oxygen atoms in total. The Kier molecular flexibility index (Phi) is 3.00. The zero-order chi connectivity index (χ0) is 9.97. The fourth-order valence-electron chi connectivity index (χ4n) is 1.66. The molecule has 1 unspecified atom stereocenters. The summed E-state index contributed by atoms with van der Waals surface area (Å²) in [5.74, 6) is 0.126. The highest BCUT2D eigenvalue weighted by Gasteiger charge is 2.26. The Bertz CT molecular complexity index is 209. The van der Waals surface area contributed by atoms with Crippen LogP contribution in [0.2, 0.25) is 0 Å². The van der Waals surface area contributed by atoms with Crippen LogP contribution in [0.5, 0.6) is 0 Å². The standard InChI is InChI=1S/C9H18N4O/c1-12-4-6-13(7-5-12)11-9(14)8-2-3-10-8/h8,10H,2-7H2,1H3,(H,11,14). The summed E-state index contributed by atoms with van der Waals surface area (Å²) in [5, 5.41) is 5.11. The molecular weight excluding hydrogens is 180 g/mol. The van der Waals surface area contributed by atoms with E-state index < -0.39 is 0 Å². The molecule has 0 aromatic rings. The minimum absolute atomic E-state index is 0.0506. The van der Waals surface area contributed by atoms with E-state index in [1.165, 1.54) is 0 Å². The maximum atomic E-state index is 11.5. The van der Waals surface area contributed by atoms with Gasteiger partial charge in [0.15, 0.2) is 0 Å². The quantitative estimate of drug-likeness (QED) is 0.574. The van der Waals surface area contributed by atoms with Crippen LogP contribution in [0.15, 0.2) is 0 Å². The molecule has 2 N–H and O–H groups in total. The van der Waals surface area contributed by atoms with Crippen molar-refractivity contribution >= 4 is 5.91 Å². The summed E-state index contributed by atoms with van der Waals surface area (Å²) in [6.45, 7) is 4.88. The molecule has 0 saturated carbocycles. The van der Waals surface area contributed by atoms with Gasteiger partial charge in [0.2, 0.25) is 0 Å². The number of amides is 1. The second kappa shape index (κ2) is 4.25. The first-order valence-corrected chi connectivity index (χ1v) is 5.23. The molecule has 0 aliphatic carbocycles. The van der Waals surface area contributed by atoms with Crippen molar-refractivity contribution in [1.29, 1.82) is 0 Å². The Hall–Kier alpha value is -0.650. The molecule has 1 atom stereocenters. The first-order valence-electron chi connectivity index (χ1n) is 5.23. The van der Waals surface area contributed by atoms with Crippen LogP contribution in [0.4, 0.5) is 0 Å². The predicted octanol–water partition coefficient (Wildman–Crippen LogP) is -1.37. The molecule has 2 fully saturated rings. The molecule has 0 spiro atoms. The number of carbonyl (C=O) groups is 1. The zero-order valence-corrected chi connectivity index (χ0v) is 8.62. The van der Waals surface area contributed by atoms with Crippen LogP contribution in [0.3, 0.4) is 0 Å². The largest absolute Gasteiger partial charge is 0.306 e. The molecule has 14 heavy (non-hydrogen) atoms. The second-order valence-electron chi connectivity index (χ2n) is 4.06. The lowest BCUT2D eigenvalue weighted by Crippen LogP contribution is -2.59. The van der Waals surface area contributed by atoms with Crippen LogP contribution in [0, 0.1) is 0 Å². The van der Waals surface area contributed by atoms with Crippen molar-refractivity contribution in [3.63, 3.8) is 0 Å². The maximum Gasteiger partial charge on any atom is 0.251 e. The van der Waals surface area contributed by atoms with Gasteiger partial charge in [-0.2, -0.15) is 0 Å². The summed E-state index contributed by atoms with van der Waals surface area (Å²) in [4.78, 5) is 13.8. The van der Waals surface area contributed by atoms with E-state index in [1.807, 2.05) is 5.01 Å². The third-order valence-electron chi connectivity index (χ3n) is 2.91. The predicted molar refractivity (Wildman–Crippen MR) is 53.6 cm³/mol. The van der Waals surface area contributed by atoms with Crippen LogP contribution in [-0.2, 0) is 4.79 Å². The average Bonchev–Trinajstić information content (AvgIpc) is 2.06. The van der Waals surface area contributed by atoms with Crippen LogP contribution < -0.4 is 10.7 Å². The molecule has 0 aromatic heterocycles. The normalized spacial score (nSPS) is 29.6. The number of hydrogen-bond acceptors (Lipinski definition) is 4. The van der Waals surface area contributed by atoms with E-state index in [0.29, 0.717) is 0 Å². The molecule has 2 aliphatic rings. The number of piperazine rings is 1. The molecule has 5 heteroatoms. The number of rotatable bonds is 2. The van der Waals surface area contributed by atoms with Crippen LogP contribution >= 0.6 is 0 Å². The molecule has 80 valence electrons. The Morgan fingerprint density at radius 1 is 1.36 bits per heavy atom. The molecule has 0 aromatic carbocycles. The minimum Gasteiger partial charge on any atom is -0.306 e. The van der Waals surface area contributed by atoms with Crippen molar-refractivity contribution in [2.45, 2.75) is 12.5 Å². The Balaban J connectivity index is 1.71. The van der Waals surface area contributed by atoms with Gasteiger partial charge in [-0.15, -0.1) is 0 Å². The Labute approximate surface area is 84.4 Å². The van der Waals surface area contributed by atoms with E-state index >= 15 is 0 Å². The summed E-state index contributed by atoms with van der Waals surface area (Å²) < 4.78 is 0.